The number of rotatable bonds is 3. The van der Waals surface area contributed by atoms with Crippen molar-refractivity contribution in [2.24, 2.45) is 5.41 Å². The number of hydrogen-bond donors (Lipinski definition) is 1. The Kier molecular flexibility index (Phi) is 4.08. The number of carbonyl (C=O) groups is 1. The smallest absolute Gasteiger partial charge is 0.317 e. The fourth-order valence-electron chi connectivity index (χ4n) is 0.683. The van der Waals surface area contributed by atoms with Crippen LogP contribution in [-0.4, -0.2) is 15.9 Å². The molecule has 0 heterocycles. The second-order valence-corrected chi connectivity index (χ2v) is 5.01. The average molecular weight is 223 g/mol. The third-order valence-corrected chi connectivity index (χ3v) is 2.27. The zero-order chi connectivity index (χ0) is 9.07. The first-order valence-corrected chi connectivity index (χ1v) is 4.61. The predicted octanol–water partition coefficient (Wildman–Crippen LogP) is 2.66. The monoisotopic (exact) mass is 222 g/mol. The van der Waals surface area contributed by atoms with E-state index in [0.717, 1.165) is 6.42 Å². The lowest BCUT2D eigenvalue weighted by Gasteiger charge is -2.18. The van der Waals surface area contributed by atoms with E-state index in [2.05, 4.69) is 36.7 Å². The quantitative estimate of drug-likeness (QED) is 0.746. The lowest BCUT2D eigenvalue weighted by molar-refractivity contribution is -0.136. The van der Waals surface area contributed by atoms with E-state index in [0.29, 0.717) is 6.42 Å². The van der Waals surface area contributed by atoms with Crippen LogP contribution >= 0.6 is 15.9 Å². The van der Waals surface area contributed by atoms with E-state index in [9.17, 15) is 4.79 Å². The Bertz CT molecular complexity index is 138. The van der Waals surface area contributed by atoms with Crippen molar-refractivity contribution in [3.63, 3.8) is 0 Å². The van der Waals surface area contributed by atoms with Crippen molar-refractivity contribution in [3.8, 4) is 0 Å². The minimum atomic E-state index is -0.769. The normalized spacial score (nSPS) is 14.5. The summed E-state index contributed by atoms with van der Waals surface area (Å²) in [4.78, 5) is 9.98. The van der Waals surface area contributed by atoms with E-state index in [1.807, 2.05) is 0 Å². The van der Waals surface area contributed by atoms with E-state index >= 15 is 0 Å². The van der Waals surface area contributed by atoms with Crippen LogP contribution < -0.4 is 0 Å². The van der Waals surface area contributed by atoms with Crippen LogP contribution in [0, 0.1) is 5.41 Å². The summed E-state index contributed by atoms with van der Waals surface area (Å²) in [6.07, 6.45) is 1.62. The van der Waals surface area contributed by atoms with E-state index in [-0.39, 0.29) is 10.2 Å². The molecular weight excluding hydrogens is 208 g/mol. The van der Waals surface area contributed by atoms with Crippen molar-refractivity contribution in [3.05, 3.63) is 0 Å². The van der Waals surface area contributed by atoms with E-state index in [1.54, 1.807) is 0 Å². The number of hydrogen-bond acceptors (Lipinski definition) is 1. The molecule has 0 rings (SSSR count). The SMILES string of the molecule is CC(C)(C)CCC(Br)C(=O)O. The van der Waals surface area contributed by atoms with Gasteiger partial charge >= 0.3 is 5.97 Å². The first kappa shape index (κ1) is 11.0. The molecule has 2 nitrogen and oxygen atoms in total. The molecule has 0 aromatic heterocycles. The second-order valence-electron chi connectivity index (χ2n) is 3.91. The molecule has 0 saturated carbocycles. The number of aliphatic carboxylic acids is 1. The van der Waals surface area contributed by atoms with Crippen LogP contribution in [0.1, 0.15) is 33.6 Å². The Morgan fingerprint density at radius 3 is 2.27 bits per heavy atom. The lowest BCUT2D eigenvalue weighted by Crippen LogP contribution is -2.16. The van der Waals surface area contributed by atoms with Crippen LogP contribution in [0.5, 0.6) is 0 Å². The van der Waals surface area contributed by atoms with Gasteiger partial charge in [-0.25, -0.2) is 0 Å². The van der Waals surface area contributed by atoms with Crippen molar-refractivity contribution in [2.45, 2.75) is 38.4 Å². The van der Waals surface area contributed by atoms with Crippen LogP contribution in [0.2, 0.25) is 0 Å². The molecule has 1 unspecified atom stereocenters. The maximum atomic E-state index is 10.4. The van der Waals surface area contributed by atoms with Crippen molar-refractivity contribution < 1.29 is 9.90 Å². The van der Waals surface area contributed by atoms with Gasteiger partial charge in [-0.2, -0.15) is 0 Å². The minimum absolute atomic E-state index is 0.224. The molecule has 3 heteroatoms. The highest BCUT2D eigenvalue weighted by atomic mass is 79.9. The number of alkyl halides is 1. The van der Waals surface area contributed by atoms with Gasteiger partial charge in [0.05, 0.1) is 0 Å². The predicted molar refractivity (Wildman–Crippen MR) is 49.0 cm³/mol. The largest absolute Gasteiger partial charge is 0.480 e. The average Bonchev–Trinajstić information content (AvgIpc) is 1.80. The van der Waals surface area contributed by atoms with Gasteiger partial charge < -0.3 is 5.11 Å². The van der Waals surface area contributed by atoms with Gasteiger partial charge in [0, 0.05) is 0 Å². The molecule has 0 radical (unpaired) electrons. The Labute approximate surface area is 76.1 Å². The molecule has 11 heavy (non-hydrogen) atoms. The third-order valence-electron chi connectivity index (χ3n) is 1.42. The van der Waals surface area contributed by atoms with Gasteiger partial charge in [-0.05, 0) is 18.3 Å². The highest BCUT2D eigenvalue weighted by molar-refractivity contribution is 9.10. The van der Waals surface area contributed by atoms with Gasteiger partial charge in [0.25, 0.3) is 0 Å². The Hall–Kier alpha value is -0.0500. The molecular formula is C8H15BrO2. The topological polar surface area (TPSA) is 37.3 Å². The van der Waals surface area contributed by atoms with Crippen molar-refractivity contribution in [2.75, 3.05) is 0 Å². The lowest BCUT2D eigenvalue weighted by atomic mass is 9.90. The molecule has 0 aromatic rings. The summed E-state index contributed by atoms with van der Waals surface area (Å²) in [5, 5.41) is 8.53. The molecule has 0 fully saturated rings. The van der Waals surface area contributed by atoms with Crippen LogP contribution in [0.15, 0.2) is 0 Å². The zero-order valence-corrected chi connectivity index (χ0v) is 8.81. The molecule has 0 spiro atoms. The van der Waals surface area contributed by atoms with Gasteiger partial charge in [-0.1, -0.05) is 36.7 Å². The molecule has 0 aliphatic heterocycles. The Morgan fingerprint density at radius 2 is 2.00 bits per heavy atom. The summed E-state index contributed by atoms with van der Waals surface area (Å²) in [5.41, 5.74) is 0.224. The van der Waals surface area contributed by atoms with Gasteiger partial charge in [0.15, 0.2) is 0 Å². The molecule has 66 valence electrons. The molecule has 0 saturated heterocycles. The minimum Gasteiger partial charge on any atom is -0.480 e. The van der Waals surface area contributed by atoms with Crippen molar-refractivity contribution >= 4 is 21.9 Å². The third kappa shape index (κ3) is 6.35. The summed E-state index contributed by atoms with van der Waals surface area (Å²) in [6.45, 7) is 6.32. The van der Waals surface area contributed by atoms with Gasteiger partial charge in [-0.15, -0.1) is 0 Å². The van der Waals surface area contributed by atoms with Crippen LogP contribution in [0.4, 0.5) is 0 Å². The molecule has 0 aromatic carbocycles. The molecule has 0 amide bonds. The first-order valence-electron chi connectivity index (χ1n) is 3.70. The summed E-state index contributed by atoms with van der Waals surface area (Å²) in [7, 11) is 0. The van der Waals surface area contributed by atoms with Crippen LogP contribution in [0.25, 0.3) is 0 Å². The molecule has 0 aliphatic rings. The molecule has 1 N–H and O–H groups in total. The molecule has 0 aliphatic carbocycles. The van der Waals surface area contributed by atoms with Crippen LogP contribution in [0.3, 0.4) is 0 Å². The summed E-state index contributed by atoms with van der Waals surface area (Å²) in [6, 6.07) is 0. The Morgan fingerprint density at radius 1 is 1.55 bits per heavy atom. The summed E-state index contributed by atoms with van der Waals surface area (Å²) >= 11 is 3.10. The van der Waals surface area contributed by atoms with E-state index < -0.39 is 5.97 Å². The molecule has 0 bridgehead atoms. The standard InChI is InChI=1S/C8H15BrO2/c1-8(2,3)5-4-6(9)7(10)11/h6H,4-5H2,1-3H3,(H,10,11). The fourth-order valence-corrected chi connectivity index (χ4v) is 0.912. The molecule has 1 atom stereocenters. The Balaban J connectivity index is 3.63. The van der Waals surface area contributed by atoms with Gasteiger partial charge in [0.2, 0.25) is 0 Å². The maximum absolute atomic E-state index is 10.4. The van der Waals surface area contributed by atoms with Crippen molar-refractivity contribution in [1.29, 1.82) is 0 Å². The maximum Gasteiger partial charge on any atom is 0.317 e. The van der Waals surface area contributed by atoms with E-state index in [4.69, 9.17) is 5.11 Å². The number of carboxylic acid groups (broad SMARTS) is 1. The number of halogens is 1. The van der Waals surface area contributed by atoms with Gasteiger partial charge in [-0.3, -0.25) is 4.79 Å². The van der Waals surface area contributed by atoms with E-state index in [1.165, 1.54) is 0 Å². The van der Waals surface area contributed by atoms with Crippen molar-refractivity contribution in [1.82, 2.24) is 0 Å². The summed E-state index contributed by atoms with van der Waals surface area (Å²) in [5.74, 6) is -0.769. The zero-order valence-electron chi connectivity index (χ0n) is 7.22. The van der Waals surface area contributed by atoms with Gasteiger partial charge in [0.1, 0.15) is 4.83 Å². The summed E-state index contributed by atoms with van der Waals surface area (Å²) < 4.78 is 0. The number of carboxylic acids is 1. The second kappa shape index (κ2) is 4.10. The first-order chi connectivity index (χ1) is 4.83. The van der Waals surface area contributed by atoms with Crippen LogP contribution in [-0.2, 0) is 4.79 Å². The highest BCUT2D eigenvalue weighted by Crippen LogP contribution is 2.23. The fraction of sp³-hybridized carbons (Fsp3) is 0.875. The highest BCUT2D eigenvalue weighted by Gasteiger charge is 2.17.